The van der Waals surface area contributed by atoms with E-state index in [1.165, 1.54) is 0 Å². The first-order valence-corrected chi connectivity index (χ1v) is 2.13. The van der Waals surface area contributed by atoms with Crippen molar-refractivity contribution in [2.24, 2.45) is 0 Å². The van der Waals surface area contributed by atoms with Crippen LogP contribution < -0.4 is 0 Å². The molecule has 1 heteroatoms. The number of hydrogen-bond acceptors (Lipinski definition) is 0. The average Bonchev–Trinajstić information content (AvgIpc) is 1.61. The Morgan fingerprint density at radius 1 is 1.00 bits per heavy atom. The molecule has 0 fully saturated rings. The molecule has 0 radical (unpaired) electrons. The van der Waals surface area contributed by atoms with Crippen LogP contribution in [0.3, 0.4) is 0 Å². The third-order valence-corrected chi connectivity index (χ3v) is 0.575. The van der Waals surface area contributed by atoms with Crippen LogP contribution >= 0.6 is 0 Å². The van der Waals surface area contributed by atoms with Crippen molar-refractivity contribution in [3.05, 3.63) is 25.3 Å². The minimum absolute atomic E-state index is 0. The summed E-state index contributed by atoms with van der Waals surface area (Å²) in [5, 5.41) is 0. The summed E-state index contributed by atoms with van der Waals surface area (Å²) in [5.41, 5.74) is 0. The van der Waals surface area contributed by atoms with E-state index in [9.17, 15) is 0 Å². The molecule has 0 saturated carbocycles. The Morgan fingerprint density at radius 3 is 1.43 bits per heavy atom. The van der Waals surface area contributed by atoms with Crippen molar-refractivity contribution in [2.75, 3.05) is 0 Å². The number of unbranched alkanes of at least 4 members (excludes halogenated alkanes) is 1. The van der Waals surface area contributed by atoms with Gasteiger partial charge in [0.2, 0.25) is 0 Å². The summed E-state index contributed by atoms with van der Waals surface area (Å²) in [5.74, 6) is 0. The first kappa shape index (κ1) is 10.1. The van der Waals surface area contributed by atoms with Crippen molar-refractivity contribution in [3.63, 3.8) is 0 Å². The molecule has 0 aliphatic heterocycles. The molecule has 0 rings (SSSR count). The van der Waals surface area contributed by atoms with Gasteiger partial charge >= 0.3 is 18.9 Å². The molecule has 0 spiro atoms. The Kier molecular flexibility index (Phi) is 13.7. The topological polar surface area (TPSA) is 0 Å². The van der Waals surface area contributed by atoms with Gasteiger partial charge in [-0.1, -0.05) is 12.2 Å². The van der Waals surface area contributed by atoms with Gasteiger partial charge < -0.3 is 0 Å². The molecule has 0 aliphatic rings. The second-order valence-electron chi connectivity index (χ2n) is 1.15. The molecular weight excluding hydrogens is 79.0 g/mol. The van der Waals surface area contributed by atoms with Crippen LogP contribution in [0.2, 0.25) is 0 Å². The summed E-state index contributed by atoms with van der Waals surface area (Å²) in [4.78, 5) is 0. The summed E-state index contributed by atoms with van der Waals surface area (Å²) in [6.45, 7) is 7.10. The zero-order valence-corrected chi connectivity index (χ0v) is 3.98. The fourth-order valence-corrected chi connectivity index (χ4v) is 0.236. The molecule has 0 nitrogen and oxygen atoms in total. The zero-order chi connectivity index (χ0) is 4.83. The van der Waals surface area contributed by atoms with Crippen LogP contribution in [0.5, 0.6) is 0 Å². The predicted octanol–water partition coefficient (Wildman–Crippen LogP) is 1.49. The van der Waals surface area contributed by atoms with Crippen molar-refractivity contribution in [3.8, 4) is 0 Å². The van der Waals surface area contributed by atoms with Crippen molar-refractivity contribution >= 4 is 18.9 Å². The van der Waals surface area contributed by atoms with E-state index in [1.54, 1.807) is 0 Å². The van der Waals surface area contributed by atoms with E-state index in [0.717, 1.165) is 12.8 Å². The summed E-state index contributed by atoms with van der Waals surface area (Å²) in [6, 6.07) is 0. The SMILES string of the molecule is C=CCCC=C.[LiH]. The van der Waals surface area contributed by atoms with Crippen molar-refractivity contribution in [1.29, 1.82) is 0 Å². The molecule has 0 aromatic heterocycles. The Labute approximate surface area is 57.5 Å². The van der Waals surface area contributed by atoms with Crippen LogP contribution in [-0.2, 0) is 0 Å². The van der Waals surface area contributed by atoms with Gasteiger partial charge in [-0.25, -0.2) is 0 Å². The maximum atomic E-state index is 3.55. The van der Waals surface area contributed by atoms with Crippen LogP contribution in [0.1, 0.15) is 12.8 Å². The van der Waals surface area contributed by atoms with Gasteiger partial charge in [-0.15, -0.1) is 13.2 Å². The molecule has 0 aliphatic carbocycles. The molecule has 7 heavy (non-hydrogen) atoms. The fraction of sp³-hybridized carbons (Fsp3) is 0.333. The summed E-state index contributed by atoms with van der Waals surface area (Å²) in [7, 11) is 0. The predicted molar refractivity (Wildman–Crippen MR) is 36.8 cm³/mol. The Bertz CT molecular complexity index is 40.1. The normalized spacial score (nSPS) is 6.29. The van der Waals surface area contributed by atoms with E-state index in [0.29, 0.717) is 0 Å². The third-order valence-electron chi connectivity index (χ3n) is 0.575. The van der Waals surface area contributed by atoms with Gasteiger partial charge in [0.05, 0.1) is 0 Å². The Balaban J connectivity index is 0. The molecule has 0 aromatic carbocycles. The van der Waals surface area contributed by atoms with E-state index in [2.05, 4.69) is 13.2 Å². The van der Waals surface area contributed by atoms with Gasteiger partial charge in [-0.3, -0.25) is 0 Å². The minimum atomic E-state index is 0. The molecule has 0 bridgehead atoms. The fourth-order valence-electron chi connectivity index (χ4n) is 0.236. The van der Waals surface area contributed by atoms with Gasteiger partial charge in [0.15, 0.2) is 0 Å². The van der Waals surface area contributed by atoms with E-state index in [-0.39, 0.29) is 18.9 Å². The van der Waals surface area contributed by atoms with Gasteiger partial charge in [0.25, 0.3) is 0 Å². The first-order chi connectivity index (χ1) is 2.91. The molecule has 0 N–H and O–H groups in total. The van der Waals surface area contributed by atoms with Crippen LogP contribution in [0.25, 0.3) is 0 Å². The number of rotatable bonds is 3. The van der Waals surface area contributed by atoms with E-state index < -0.39 is 0 Å². The number of hydrogen-bond donors (Lipinski definition) is 0. The first-order valence-electron chi connectivity index (χ1n) is 2.13. The van der Waals surface area contributed by atoms with Crippen LogP contribution in [0.15, 0.2) is 25.3 Å². The molecule has 0 saturated heterocycles. The molecule has 0 atom stereocenters. The Hall–Kier alpha value is 0.0774. The van der Waals surface area contributed by atoms with E-state index in [1.807, 2.05) is 12.2 Å². The molecule has 0 unspecified atom stereocenters. The van der Waals surface area contributed by atoms with Crippen molar-refractivity contribution in [1.82, 2.24) is 0 Å². The van der Waals surface area contributed by atoms with Gasteiger partial charge in [-0.05, 0) is 12.8 Å². The molecule has 0 aromatic rings. The maximum absolute atomic E-state index is 3.55. The van der Waals surface area contributed by atoms with Crippen LogP contribution in [-0.4, -0.2) is 18.9 Å². The third kappa shape index (κ3) is 10.7. The monoisotopic (exact) mass is 90.1 g/mol. The van der Waals surface area contributed by atoms with E-state index in [4.69, 9.17) is 0 Å². The standard InChI is InChI=1S/C6H10.Li.H/c1-3-5-6-4-2;;/h3-4H,1-2,5-6H2;;. The molecular formula is C6H11Li. The van der Waals surface area contributed by atoms with Gasteiger partial charge in [-0.2, -0.15) is 0 Å². The van der Waals surface area contributed by atoms with Crippen molar-refractivity contribution in [2.45, 2.75) is 12.8 Å². The quantitative estimate of drug-likeness (QED) is 0.280. The zero-order valence-electron chi connectivity index (χ0n) is 3.98. The molecule has 36 valence electrons. The molecule has 0 amide bonds. The van der Waals surface area contributed by atoms with Crippen LogP contribution in [0.4, 0.5) is 0 Å². The number of allylic oxidation sites excluding steroid dienone is 2. The average molecular weight is 90.1 g/mol. The second kappa shape index (κ2) is 9.42. The molecule has 0 heterocycles. The van der Waals surface area contributed by atoms with Crippen LogP contribution in [0, 0.1) is 0 Å². The summed E-state index contributed by atoms with van der Waals surface area (Å²) < 4.78 is 0. The van der Waals surface area contributed by atoms with Gasteiger partial charge in [0.1, 0.15) is 0 Å². The van der Waals surface area contributed by atoms with Gasteiger partial charge in [0, 0.05) is 0 Å². The summed E-state index contributed by atoms with van der Waals surface area (Å²) >= 11 is 0. The summed E-state index contributed by atoms with van der Waals surface area (Å²) in [6.07, 6.45) is 5.90. The van der Waals surface area contributed by atoms with E-state index >= 15 is 0 Å². The Morgan fingerprint density at radius 2 is 1.29 bits per heavy atom. The second-order valence-corrected chi connectivity index (χ2v) is 1.15. The van der Waals surface area contributed by atoms with Crippen molar-refractivity contribution < 1.29 is 0 Å².